The van der Waals surface area contributed by atoms with Gasteiger partial charge in [-0.3, -0.25) is 14.3 Å². The van der Waals surface area contributed by atoms with Crippen LogP contribution in [0.2, 0.25) is 0 Å². The van der Waals surface area contributed by atoms with Crippen LogP contribution in [0.5, 0.6) is 0 Å². The number of amides is 1. The van der Waals surface area contributed by atoms with Crippen molar-refractivity contribution in [2.24, 2.45) is 0 Å². The van der Waals surface area contributed by atoms with Gasteiger partial charge in [-0.15, -0.1) is 0 Å². The largest absolute Gasteiger partial charge is 0.433 e. The van der Waals surface area contributed by atoms with Crippen molar-refractivity contribution in [3.63, 3.8) is 0 Å². The third-order valence-electron chi connectivity index (χ3n) is 4.97. The van der Waals surface area contributed by atoms with Crippen LogP contribution in [0.1, 0.15) is 21.7 Å². The van der Waals surface area contributed by atoms with Gasteiger partial charge >= 0.3 is 6.18 Å². The molecule has 162 valence electrons. The van der Waals surface area contributed by atoms with Crippen LogP contribution in [0.3, 0.4) is 0 Å². The van der Waals surface area contributed by atoms with E-state index in [1.807, 2.05) is 16.7 Å². The molecule has 1 fully saturated rings. The van der Waals surface area contributed by atoms with Crippen LogP contribution in [0.15, 0.2) is 42.6 Å². The fourth-order valence-corrected chi connectivity index (χ4v) is 4.30. The number of benzene rings is 1. The van der Waals surface area contributed by atoms with Crippen molar-refractivity contribution in [3.05, 3.63) is 59.5 Å². The molecule has 0 aliphatic carbocycles. The lowest BCUT2D eigenvalue weighted by Gasteiger charge is -2.26. The Morgan fingerprint density at radius 1 is 1.10 bits per heavy atom. The molecule has 0 bridgehead atoms. The highest BCUT2D eigenvalue weighted by atomic mass is 32.2. The highest BCUT2D eigenvalue weighted by Crippen LogP contribution is 2.27. The Morgan fingerprint density at radius 2 is 1.87 bits per heavy atom. The molecule has 4 rings (SSSR count). The van der Waals surface area contributed by atoms with E-state index in [9.17, 15) is 22.8 Å². The summed E-state index contributed by atoms with van der Waals surface area (Å²) in [5.74, 6) is 1.38. The molecule has 1 saturated heterocycles. The molecule has 0 saturated carbocycles. The molecule has 1 aromatic carbocycles. The van der Waals surface area contributed by atoms with Gasteiger partial charge in [-0.05, 0) is 29.8 Å². The molecular weight excluding hydrogens is 429 g/mol. The number of hydrogen-bond donors (Lipinski definition) is 0. The fourth-order valence-electron chi connectivity index (χ4n) is 3.39. The standard InChI is InChI=1S/C21H19F3N4O2S/c22-21(23,24)19-3-1-2-17(25-19)18(29)11-14-4-5-16-15(10-14)12-28(26-16)13-20(30)27-6-8-31-9-7-27/h1-5,10,12H,6-9,11,13H2. The van der Waals surface area contributed by atoms with Crippen molar-refractivity contribution >= 4 is 34.4 Å². The van der Waals surface area contributed by atoms with Gasteiger partial charge in [0.2, 0.25) is 5.91 Å². The van der Waals surface area contributed by atoms with Gasteiger partial charge in [0.15, 0.2) is 5.78 Å². The van der Waals surface area contributed by atoms with Crippen molar-refractivity contribution in [1.82, 2.24) is 19.7 Å². The molecule has 0 unspecified atom stereocenters. The number of nitrogens with zero attached hydrogens (tertiary/aromatic N) is 4. The van der Waals surface area contributed by atoms with Gasteiger partial charge in [-0.25, -0.2) is 4.98 Å². The average Bonchev–Trinajstić information content (AvgIpc) is 3.15. The SMILES string of the molecule is O=C(Cc1ccc2nn(CC(=O)N3CCSCC3)cc2c1)c1cccc(C(F)(F)F)n1. The zero-order valence-electron chi connectivity index (χ0n) is 16.4. The molecule has 0 N–H and O–H groups in total. The number of ketones is 1. The smallest absolute Gasteiger partial charge is 0.339 e. The maximum Gasteiger partial charge on any atom is 0.433 e. The Balaban J connectivity index is 1.47. The number of fused-ring (bicyclic) bond motifs is 1. The first kappa shape index (κ1) is 21.4. The number of alkyl halides is 3. The summed E-state index contributed by atoms with van der Waals surface area (Å²) in [7, 11) is 0. The zero-order valence-corrected chi connectivity index (χ0v) is 17.2. The molecule has 1 aliphatic rings. The van der Waals surface area contributed by atoms with Gasteiger partial charge in [0.25, 0.3) is 0 Å². The van der Waals surface area contributed by atoms with Crippen molar-refractivity contribution < 1.29 is 22.8 Å². The highest BCUT2D eigenvalue weighted by Gasteiger charge is 2.32. The van der Waals surface area contributed by atoms with Gasteiger partial charge in [-0.1, -0.05) is 12.1 Å². The van der Waals surface area contributed by atoms with Crippen molar-refractivity contribution in [2.45, 2.75) is 19.1 Å². The van der Waals surface area contributed by atoms with Crippen molar-refractivity contribution in [3.8, 4) is 0 Å². The zero-order chi connectivity index (χ0) is 22.0. The summed E-state index contributed by atoms with van der Waals surface area (Å²) in [6.07, 6.45) is -2.95. The minimum atomic E-state index is -4.60. The number of Topliss-reactive ketones (excluding diaryl/α,β-unsaturated/α-hetero) is 1. The topological polar surface area (TPSA) is 68.1 Å². The Kier molecular flexibility index (Phi) is 5.99. The molecule has 1 aliphatic heterocycles. The number of halogens is 3. The minimum absolute atomic E-state index is 0.0131. The third-order valence-corrected chi connectivity index (χ3v) is 5.91. The van der Waals surface area contributed by atoms with Gasteiger partial charge in [0.05, 0.1) is 5.52 Å². The van der Waals surface area contributed by atoms with Gasteiger partial charge in [0.1, 0.15) is 17.9 Å². The maximum absolute atomic E-state index is 12.8. The second-order valence-corrected chi connectivity index (χ2v) is 8.44. The normalized spacial score (nSPS) is 14.7. The van der Waals surface area contributed by atoms with E-state index in [1.54, 1.807) is 29.1 Å². The van der Waals surface area contributed by atoms with Crippen LogP contribution in [0.4, 0.5) is 13.2 Å². The number of aromatic nitrogens is 3. The van der Waals surface area contributed by atoms with Crippen LogP contribution < -0.4 is 0 Å². The van der Waals surface area contributed by atoms with E-state index in [4.69, 9.17) is 0 Å². The summed E-state index contributed by atoms with van der Waals surface area (Å²) in [6.45, 7) is 1.61. The molecule has 6 nitrogen and oxygen atoms in total. The summed E-state index contributed by atoms with van der Waals surface area (Å²) < 4.78 is 40.1. The molecule has 0 radical (unpaired) electrons. The highest BCUT2D eigenvalue weighted by molar-refractivity contribution is 7.99. The van der Waals surface area contributed by atoms with Crippen LogP contribution in [-0.4, -0.2) is 56.0 Å². The summed E-state index contributed by atoms with van der Waals surface area (Å²) in [4.78, 5) is 30.2. The number of rotatable bonds is 5. The number of carbonyl (C=O) groups excluding carboxylic acids is 2. The summed E-state index contributed by atoms with van der Waals surface area (Å²) in [5.41, 5.74) is -0.00557. The second-order valence-electron chi connectivity index (χ2n) is 7.22. The van der Waals surface area contributed by atoms with Crippen molar-refractivity contribution in [1.29, 1.82) is 0 Å². The molecule has 3 aromatic rings. The van der Waals surface area contributed by atoms with Gasteiger partial charge in [0, 0.05) is 42.6 Å². The minimum Gasteiger partial charge on any atom is -0.339 e. The molecule has 0 spiro atoms. The number of thioether (sulfide) groups is 1. The van der Waals surface area contributed by atoms with Crippen LogP contribution in [0.25, 0.3) is 10.9 Å². The van der Waals surface area contributed by atoms with Crippen molar-refractivity contribution in [2.75, 3.05) is 24.6 Å². The first-order valence-corrected chi connectivity index (χ1v) is 10.8. The van der Waals surface area contributed by atoms with E-state index in [0.29, 0.717) is 11.1 Å². The van der Waals surface area contributed by atoms with E-state index in [-0.39, 0.29) is 24.6 Å². The van der Waals surface area contributed by atoms with E-state index in [2.05, 4.69) is 10.1 Å². The van der Waals surface area contributed by atoms with Crippen LogP contribution >= 0.6 is 11.8 Å². The Labute approximate surface area is 180 Å². The average molecular weight is 448 g/mol. The lowest BCUT2D eigenvalue weighted by Crippen LogP contribution is -2.39. The quantitative estimate of drug-likeness (QED) is 0.560. The maximum atomic E-state index is 12.8. The van der Waals surface area contributed by atoms with E-state index in [1.165, 1.54) is 12.1 Å². The monoisotopic (exact) mass is 448 g/mol. The van der Waals surface area contributed by atoms with E-state index < -0.39 is 17.7 Å². The number of carbonyl (C=O) groups is 2. The Morgan fingerprint density at radius 3 is 2.61 bits per heavy atom. The van der Waals surface area contributed by atoms with Gasteiger partial charge in [-0.2, -0.15) is 30.0 Å². The lowest BCUT2D eigenvalue weighted by molar-refractivity contribution is -0.141. The predicted octanol–water partition coefficient (Wildman–Crippen LogP) is 3.45. The number of pyridine rings is 1. The predicted molar refractivity (Wildman–Crippen MR) is 111 cm³/mol. The molecular formula is C21H19F3N4O2S. The molecule has 0 atom stereocenters. The molecule has 10 heteroatoms. The lowest BCUT2D eigenvalue weighted by atomic mass is 10.0. The molecule has 3 heterocycles. The van der Waals surface area contributed by atoms with Gasteiger partial charge < -0.3 is 4.90 Å². The third kappa shape index (κ3) is 5.07. The van der Waals surface area contributed by atoms with E-state index in [0.717, 1.165) is 36.0 Å². The van der Waals surface area contributed by atoms with E-state index >= 15 is 0 Å². The Hall–Kier alpha value is -2.88. The molecule has 1 amide bonds. The first-order valence-electron chi connectivity index (χ1n) is 9.69. The summed E-state index contributed by atoms with van der Waals surface area (Å²) in [5, 5.41) is 5.16. The molecule has 2 aromatic heterocycles. The summed E-state index contributed by atoms with van der Waals surface area (Å²) >= 11 is 1.83. The fraction of sp³-hybridized carbons (Fsp3) is 0.333. The molecule has 31 heavy (non-hydrogen) atoms. The second kappa shape index (κ2) is 8.70. The van der Waals surface area contributed by atoms with Crippen LogP contribution in [-0.2, 0) is 23.9 Å². The first-order chi connectivity index (χ1) is 14.8. The summed E-state index contributed by atoms with van der Waals surface area (Å²) in [6, 6.07) is 8.48. The number of hydrogen-bond acceptors (Lipinski definition) is 5. The Bertz CT molecular complexity index is 1120. The van der Waals surface area contributed by atoms with Crippen LogP contribution in [0, 0.1) is 0 Å².